The minimum atomic E-state index is 0.798. The van der Waals surface area contributed by atoms with Crippen LogP contribution < -0.4 is 4.74 Å². The van der Waals surface area contributed by atoms with Gasteiger partial charge in [-0.05, 0) is 52.6 Å². The van der Waals surface area contributed by atoms with Crippen LogP contribution in [-0.2, 0) is 17.7 Å². The van der Waals surface area contributed by atoms with E-state index in [9.17, 15) is 0 Å². The first kappa shape index (κ1) is 20.4. The van der Waals surface area contributed by atoms with E-state index in [2.05, 4.69) is 51.6 Å². The Morgan fingerprint density at radius 1 is 0.897 bits per heavy atom. The molecule has 0 atom stereocenters. The van der Waals surface area contributed by atoms with Crippen LogP contribution in [0.1, 0.15) is 11.1 Å². The highest BCUT2D eigenvalue weighted by atomic mass is 32.1. The van der Waals surface area contributed by atoms with Gasteiger partial charge in [-0.2, -0.15) is 0 Å². The van der Waals surface area contributed by atoms with Crippen molar-refractivity contribution in [2.24, 2.45) is 0 Å². The molecule has 0 bridgehead atoms. The van der Waals surface area contributed by atoms with Gasteiger partial charge in [0.05, 0.1) is 20.3 Å². The fourth-order valence-electron chi connectivity index (χ4n) is 3.91. The predicted molar refractivity (Wildman–Crippen MR) is 121 cm³/mol. The number of thiophene rings is 1. The van der Waals surface area contributed by atoms with Crippen LogP contribution in [0.4, 0.5) is 0 Å². The predicted octanol–water partition coefficient (Wildman–Crippen LogP) is 4.29. The van der Waals surface area contributed by atoms with Crippen molar-refractivity contribution in [1.82, 2.24) is 9.80 Å². The fraction of sp³-hybridized carbons (Fsp3) is 0.417. The standard InChI is InChI=1S/C24H30N2O2S/c1-27-22-7-5-20(6-8-22)19-26-13-11-25(12-14-26)15-17-28-16-9-21-3-2-4-24-23(21)10-18-29-24/h2-8,10,18H,9,11-17,19H2,1H3. The van der Waals surface area contributed by atoms with Gasteiger partial charge in [0.2, 0.25) is 0 Å². The normalized spacial score (nSPS) is 15.8. The molecular formula is C24H30N2O2S. The molecule has 2 aromatic carbocycles. The molecule has 1 aromatic heterocycles. The molecule has 1 saturated heterocycles. The molecule has 4 rings (SSSR count). The Balaban J connectivity index is 1.12. The first-order valence-corrected chi connectivity index (χ1v) is 11.3. The summed E-state index contributed by atoms with van der Waals surface area (Å²) in [5.41, 5.74) is 2.75. The molecule has 3 aromatic rings. The minimum Gasteiger partial charge on any atom is -0.497 e. The largest absolute Gasteiger partial charge is 0.497 e. The molecule has 5 heteroatoms. The summed E-state index contributed by atoms with van der Waals surface area (Å²) in [5.74, 6) is 0.922. The molecule has 154 valence electrons. The molecule has 0 amide bonds. The van der Waals surface area contributed by atoms with E-state index >= 15 is 0 Å². The third-order valence-corrected chi connectivity index (χ3v) is 6.57. The molecule has 29 heavy (non-hydrogen) atoms. The summed E-state index contributed by atoms with van der Waals surface area (Å²) in [6, 6.07) is 17.2. The average molecular weight is 411 g/mol. The quantitative estimate of drug-likeness (QED) is 0.492. The van der Waals surface area contributed by atoms with Crippen LogP contribution in [0.25, 0.3) is 10.1 Å². The molecule has 0 N–H and O–H groups in total. The Labute approximate surface area is 177 Å². The van der Waals surface area contributed by atoms with Crippen molar-refractivity contribution in [1.29, 1.82) is 0 Å². The number of piperazine rings is 1. The Kier molecular flexibility index (Phi) is 7.17. The lowest BCUT2D eigenvalue weighted by Crippen LogP contribution is -2.46. The van der Waals surface area contributed by atoms with E-state index in [0.717, 1.165) is 64.7 Å². The van der Waals surface area contributed by atoms with Crippen LogP contribution in [0, 0.1) is 0 Å². The van der Waals surface area contributed by atoms with Gasteiger partial charge >= 0.3 is 0 Å². The summed E-state index contributed by atoms with van der Waals surface area (Å²) in [6.45, 7) is 8.13. The van der Waals surface area contributed by atoms with Crippen LogP contribution in [0.15, 0.2) is 53.9 Å². The smallest absolute Gasteiger partial charge is 0.118 e. The second-order valence-corrected chi connectivity index (χ2v) is 8.53. The van der Waals surface area contributed by atoms with Gasteiger partial charge in [0.1, 0.15) is 5.75 Å². The van der Waals surface area contributed by atoms with Gasteiger partial charge in [-0.25, -0.2) is 0 Å². The Morgan fingerprint density at radius 2 is 1.69 bits per heavy atom. The number of benzene rings is 2. The Morgan fingerprint density at radius 3 is 2.48 bits per heavy atom. The van der Waals surface area contributed by atoms with Gasteiger partial charge in [0.25, 0.3) is 0 Å². The molecule has 4 nitrogen and oxygen atoms in total. The molecule has 0 spiro atoms. The summed E-state index contributed by atoms with van der Waals surface area (Å²) in [7, 11) is 1.71. The molecule has 0 radical (unpaired) electrons. The zero-order valence-corrected chi connectivity index (χ0v) is 18.0. The van der Waals surface area contributed by atoms with Gasteiger partial charge in [0, 0.05) is 44.0 Å². The Bertz CT molecular complexity index is 885. The van der Waals surface area contributed by atoms with E-state index in [1.807, 2.05) is 23.5 Å². The zero-order valence-electron chi connectivity index (χ0n) is 17.2. The highest BCUT2D eigenvalue weighted by Gasteiger charge is 2.16. The minimum absolute atomic E-state index is 0.798. The monoisotopic (exact) mass is 410 g/mol. The van der Waals surface area contributed by atoms with Gasteiger partial charge in [0.15, 0.2) is 0 Å². The van der Waals surface area contributed by atoms with Crippen molar-refractivity contribution in [2.75, 3.05) is 53.0 Å². The second kappa shape index (κ2) is 10.2. The van der Waals surface area contributed by atoms with Gasteiger partial charge in [-0.1, -0.05) is 24.3 Å². The molecule has 2 heterocycles. The Hall–Kier alpha value is -1.92. The van der Waals surface area contributed by atoms with E-state index in [1.54, 1.807) is 7.11 Å². The number of hydrogen-bond acceptors (Lipinski definition) is 5. The maximum Gasteiger partial charge on any atom is 0.118 e. The van der Waals surface area contributed by atoms with Gasteiger partial charge < -0.3 is 9.47 Å². The van der Waals surface area contributed by atoms with Crippen molar-refractivity contribution in [2.45, 2.75) is 13.0 Å². The van der Waals surface area contributed by atoms with Crippen molar-refractivity contribution < 1.29 is 9.47 Å². The summed E-state index contributed by atoms with van der Waals surface area (Å²) in [4.78, 5) is 5.05. The van der Waals surface area contributed by atoms with Gasteiger partial charge in [-0.3, -0.25) is 9.80 Å². The van der Waals surface area contributed by atoms with Crippen LogP contribution in [-0.4, -0.2) is 62.8 Å². The first-order valence-electron chi connectivity index (χ1n) is 10.4. The number of ether oxygens (including phenoxy) is 2. The zero-order chi connectivity index (χ0) is 19.9. The molecule has 1 aliphatic rings. The molecule has 0 saturated carbocycles. The van der Waals surface area contributed by atoms with E-state index in [0.29, 0.717) is 0 Å². The summed E-state index contributed by atoms with van der Waals surface area (Å²) >= 11 is 1.81. The van der Waals surface area contributed by atoms with E-state index in [1.165, 1.54) is 21.2 Å². The summed E-state index contributed by atoms with van der Waals surface area (Å²) < 4.78 is 12.6. The number of methoxy groups -OCH3 is 1. The third-order valence-electron chi connectivity index (χ3n) is 5.68. The SMILES string of the molecule is COc1ccc(CN2CCN(CCOCCc3cccc4sccc34)CC2)cc1. The highest BCUT2D eigenvalue weighted by Crippen LogP contribution is 2.24. The topological polar surface area (TPSA) is 24.9 Å². The highest BCUT2D eigenvalue weighted by molar-refractivity contribution is 7.17. The number of fused-ring (bicyclic) bond motifs is 1. The first-order chi connectivity index (χ1) is 14.3. The number of nitrogens with zero attached hydrogens (tertiary/aromatic N) is 2. The van der Waals surface area contributed by atoms with Crippen LogP contribution in [0.3, 0.4) is 0 Å². The van der Waals surface area contributed by atoms with Crippen molar-refractivity contribution >= 4 is 21.4 Å². The number of hydrogen-bond donors (Lipinski definition) is 0. The van der Waals surface area contributed by atoms with Gasteiger partial charge in [-0.15, -0.1) is 11.3 Å². The average Bonchev–Trinajstić information content (AvgIpc) is 3.25. The molecule has 1 aliphatic heterocycles. The lowest BCUT2D eigenvalue weighted by atomic mass is 10.1. The van der Waals surface area contributed by atoms with E-state index in [4.69, 9.17) is 9.47 Å². The van der Waals surface area contributed by atoms with Crippen LogP contribution in [0.5, 0.6) is 5.75 Å². The van der Waals surface area contributed by atoms with Crippen LogP contribution >= 0.6 is 11.3 Å². The maximum atomic E-state index is 5.95. The summed E-state index contributed by atoms with van der Waals surface area (Å²) in [5, 5.41) is 3.55. The lowest BCUT2D eigenvalue weighted by Gasteiger charge is -2.34. The molecular weight excluding hydrogens is 380 g/mol. The van der Waals surface area contributed by atoms with Crippen molar-refractivity contribution in [3.8, 4) is 5.75 Å². The number of rotatable bonds is 9. The summed E-state index contributed by atoms with van der Waals surface area (Å²) in [6.07, 6.45) is 0.990. The van der Waals surface area contributed by atoms with E-state index < -0.39 is 0 Å². The second-order valence-electron chi connectivity index (χ2n) is 7.58. The lowest BCUT2D eigenvalue weighted by molar-refractivity contribution is 0.0748. The fourth-order valence-corrected chi connectivity index (χ4v) is 4.75. The maximum absolute atomic E-state index is 5.95. The molecule has 0 unspecified atom stereocenters. The molecule has 0 aliphatic carbocycles. The molecule has 1 fully saturated rings. The van der Waals surface area contributed by atoms with E-state index in [-0.39, 0.29) is 0 Å². The third kappa shape index (κ3) is 5.58. The van der Waals surface area contributed by atoms with Crippen LogP contribution in [0.2, 0.25) is 0 Å². The van der Waals surface area contributed by atoms with Crippen molar-refractivity contribution in [3.05, 3.63) is 65.0 Å². The van der Waals surface area contributed by atoms with Crippen molar-refractivity contribution in [3.63, 3.8) is 0 Å².